The van der Waals surface area contributed by atoms with Crippen LogP contribution in [0.1, 0.15) is 23.6 Å². The average molecular weight is 325 g/mol. The molecule has 1 aliphatic carbocycles. The van der Waals surface area contributed by atoms with Gasteiger partial charge in [0.25, 0.3) is 5.91 Å². The van der Waals surface area contributed by atoms with Crippen molar-refractivity contribution in [2.24, 2.45) is 0 Å². The predicted molar refractivity (Wildman–Crippen MR) is 88.5 cm³/mol. The van der Waals surface area contributed by atoms with Crippen LogP contribution in [0.3, 0.4) is 0 Å². The van der Waals surface area contributed by atoms with E-state index in [-0.39, 0.29) is 25.2 Å². The molecule has 0 aliphatic heterocycles. The van der Waals surface area contributed by atoms with E-state index < -0.39 is 5.97 Å². The van der Waals surface area contributed by atoms with E-state index in [1.165, 1.54) is 5.56 Å². The number of aryl methyl sites for hydroxylation is 1. The minimum Gasteiger partial charge on any atom is -0.482 e. The van der Waals surface area contributed by atoms with Crippen molar-refractivity contribution in [1.29, 1.82) is 0 Å². The zero-order valence-corrected chi connectivity index (χ0v) is 13.2. The van der Waals surface area contributed by atoms with Crippen LogP contribution in [0.25, 0.3) is 0 Å². The number of benzene rings is 2. The topological polar surface area (TPSA) is 64.6 Å². The Balaban J connectivity index is 1.40. The fourth-order valence-corrected chi connectivity index (χ4v) is 2.79. The number of hydrogen-bond acceptors (Lipinski definition) is 4. The van der Waals surface area contributed by atoms with E-state index in [1.54, 1.807) is 12.1 Å². The third-order valence-corrected chi connectivity index (χ3v) is 3.93. The molecule has 0 radical (unpaired) electrons. The first-order valence-electron chi connectivity index (χ1n) is 7.93. The maximum atomic E-state index is 12.0. The first-order chi connectivity index (χ1) is 11.7. The van der Waals surface area contributed by atoms with Gasteiger partial charge in [-0.25, -0.2) is 4.79 Å². The van der Waals surface area contributed by atoms with E-state index in [9.17, 15) is 9.59 Å². The van der Waals surface area contributed by atoms with E-state index in [2.05, 4.69) is 11.4 Å². The summed E-state index contributed by atoms with van der Waals surface area (Å²) in [4.78, 5) is 23.6. The van der Waals surface area contributed by atoms with Gasteiger partial charge in [0.05, 0.1) is 6.04 Å². The summed E-state index contributed by atoms with van der Waals surface area (Å²) in [6, 6.07) is 17.0. The molecule has 124 valence electrons. The van der Waals surface area contributed by atoms with Crippen LogP contribution in [-0.2, 0) is 20.7 Å². The molecule has 0 fully saturated rings. The van der Waals surface area contributed by atoms with Gasteiger partial charge < -0.3 is 14.8 Å². The number of esters is 1. The molecule has 0 aromatic heterocycles. The summed E-state index contributed by atoms with van der Waals surface area (Å²) in [5.41, 5.74) is 2.40. The summed E-state index contributed by atoms with van der Waals surface area (Å²) in [5.74, 6) is -0.285. The molecule has 0 unspecified atom stereocenters. The number of hydrogen-bond donors (Lipinski definition) is 1. The van der Waals surface area contributed by atoms with Gasteiger partial charge in [-0.1, -0.05) is 42.5 Å². The minimum atomic E-state index is -0.569. The lowest BCUT2D eigenvalue weighted by atomic mass is 10.1. The van der Waals surface area contributed by atoms with Crippen molar-refractivity contribution in [3.63, 3.8) is 0 Å². The Morgan fingerprint density at radius 1 is 1.00 bits per heavy atom. The second-order valence-corrected chi connectivity index (χ2v) is 5.62. The zero-order valence-electron chi connectivity index (χ0n) is 13.2. The van der Waals surface area contributed by atoms with Crippen molar-refractivity contribution < 1.29 is 19.1 Å². The number of amides is 1. The van der Waals surface area contributed by atoms with Crippen LogP contribution < -0.4 is 10.1 Å². The van der Waals surface area contributed by atoms with Gasteiger partial charge in [-0.2, -0.15) is 0 Å². The van der Waals surface area contributed by atoms with Crippen molar-refractivity contribution in [1.82, 2.24) is 5.32 Å². The van der Waals surface area contributed by atoms with Crippen LogP contribution in [-0.4, -0.2) is 25.1 Å². The highest BCUT2D eigenvalue weighted by molar-refractivity contribution is 5.81. The van der Waals surface area contributed by atoms with E-state index in [0.717, 1.165) is 18.4 Å². The highest BCUT2D eigenvalue weighted by atomic mass is 16.6. The zero-order chi connectivity index (χ0) is 16.8. The molecule has 5 nitrogen and oxygen atoms in total. The van der Waals surface area contributed by atoms with Crippen molar-refractivity contribution in [3.05, 3.63) is 65.7 Å². The SMILES string of the molecule is O=C(COC(=O)COc1ccccc1)N[C@@H]1CCc2ccccc21. The average Bonchev–Trinajstić information content (AvgIpc) is 3.02. The Bertz CT molecular complexity index is 714. The van der Waals surface area contributed by atoms with Gasteiger partial charge in [-0.05, 0) is 36.1 Å². The van der Waals surface area contributed by atoms with Crippen molar-refractivity contribution in [2.45, 2.75) is 18.9 Å². The van der Waals surface area contributed by atoms with Crippen LogP contribution in [0.5, 0.6) is 5.75 Å². The molecule has 5 heteroatoms. The van der Waals surface area contributed by atoms with Crippen LogP contribution >= 0.6 is 0 Å². The molecule has 2 aromatic rings. The monoisotopic (exact) mass is 325 g/mol. The maximum Gasteiger partial charge on any atom is 0.344 e. The molecule has 0 heterocycles. The minimum absolute atomic E-state index is 0.00651. The first-order valence-corrected chi connectivity index (χ1v) is 7.93. The third kappa shape index (κ3) is 4.13. The van der Waals surface area contributed by atoms with Crippen molar-refractivity contribution >= 4 is 11.9 Å². The van der Waals surface area contributed by atoms with Crippen LogP contribution in [0, 0.1) is 0 Å². The van der Waals surface area contributed by atoms with E-state index >= 15 is 0 Å². The number of ether oxygens (including phenoxy) is 2. The number of carbonyl (C=O) groups excluding carboxylic acids is 2. The second kappa shape index (κ2) is 7.64. The van der Waals surface area contributed by atoms with Crippen LogP contribution in [0.15, 0.2) is 54.6 Å². The Morgan fingerprint density at radius 2 is 1.75 bits per heavy atom. The molecule has 0 spiro atoms. The van der Waals surface area contributed by atoms with E-state index in [0.29, 0.717) is 5.75 Å². The molecule has 2 aromatic carbocycles. The lowest BCUT2D eigenvalue weighted by Gasteiger charge is -2.14. The summed E-state index contributed by atoms with van der Waals surface area (Å²) in [7, 11) is 0. The molecule has 1 amide bonds. The summed E-state index contributed by atoms with van der Waals surface area (Å²) in [6.07, 6.45) is 1.82. The van der Waals surface area contributed by atoms with Gasteiger partial charge in [0.2, 0.25) is 0 Å². The molecule has 1 aliphatic rings. The number of nitrogens with one attached hydrogen (secondary N) is 1. The van der Waals surface area contributed by atoms with Gasteiger partial charge in [-0.15, -0.1) is 0 Å². The van der Waals surface area contributed by atoms with Crippen molar-refractivity contribution in [2.75, 3.05) is 13.2 Å². The number of para-hydroxylation sites is 1. The Morgan fingerprint density at radius 3 is 2.58 bits per heavy atom. The summed E-state index contributed by atoms with van der Waals surface area (Å²) in [6.45, 7) is -0.515. The summed E-state index contributed by atoms with van der Waals surface area (Å²) in [5, 5.41) is 2.91. The third-order valence-electron chi connectivity index (χ3n) is 3.93. The number of rotatable bonds is 6. The van der Waals surface area contributed by atoms with E-state index in [4.69, 9.17) is 9.47 Å². The number of fused-ring (bicyclic) bond motifs is 1. The van der Waals surface area contributed by atoms with E-state index in [1.807, 2.05) is 36.4 Å². The largest absolute Gasteiger partial charge is 0.482 e. The summed E-state index contributed by atoms with van der Waals surface area (Å²) >= 11 is 0. The molecule has 0 bridgehead atoms. The summed E-state index contributed by atoms with van der Waals surface area (Å²) < 4.78 is 10.2. The molecular weight excluding hydrogens is 306 g/mol. The molecule has 0 saturated carbocycles. The molecule has 0 saturated heterocycles. The van der Waals surface area contributed by atoms with Gasteiger partial charge in [0, 0.05) is 0 Å². The Hall–Kier alpha value is -2.82. The van der Waals surface area contributed by atoms with Gasteiger partial charge in [0.15, 0.2) is 13.2 Å². The fourth-order valence-electron chi connectivity index (χ4n) is 2.79. The lowest BCUT2D eigenvalue weighted by molar-refractivity contribution is -0.150. The predicted octanol–water partition coefficient (Wildman–Crippen LogP) is 2.41. The van der Waals surface area contributed by atoms with Gasteiger partial charge in [0.1, 0.15) is 5.75 Å². The Labute approximate surface area is 140 Å². The highest BCUT2D eigenvalue weighted by Gasteiger charge is 2.23. The van der Waals surface area contributed by atoms with Crippen LogP contribution in [0.2, 0.25) is 0 Å². The number of carbonyl (C=O) groups is 2. The highest BCUT2D eigenvalue weighted by Crippen LogP contribution is 2.30. The molecule has 1 atom stereocenters. The molecule has 3 rings (SSSR count). The van der Waals surface area contributed by atoms with Crippen molar-refractivity contribution in [3.8, 4) is 5.75 Å². The smallest absolute Gasteiger partial charge is 0.344 e. The van der Waals surface area contributed by atoms with Crippen LogP contribution in [0.4, 0.5) is 0 Å². The first kappa shape index (κ1) is 16.1. The Kier molecular flexibility index (Phi) is 5.11. The normalized spacial score (nSPS) is 15.4. The standard InChI is InChI=1S/C19H19NO4/c21-18(20-17-11-10-14-6-4-5-9-16(14)17)12-24-19(22)13-23-15-7-2-1-3-8-15/h1-9,17H,10-13H2,(H,20,21)/t17-/m1/s1. The second-order valence-electron chi connectivity index (χ2n) is 5.62. The van der Waals surface area contributed by atoms with Gasteiger partial charge in [-0.3, -0.25) is 4.79 Å². The van der Waals surface area contributed by atoms with Gasteiger partial charge >= 0.3 is 5.97 Å². The molecule has 1 N–H and O–H groups in total. The fraction of sp³-hybridized carbons (Fsp3) is 0.263. The molecular formula is C19H19NO4. The maximum absolute atomic E-state index is 12.0. The molecule has 24 heavy (non-hydrogen) atoms. The lowest BCUT2D eigenvalue weighted by Crippen LogP contribution is -2.32. The quantitative estimate of drug-likeness (QED) is 0.829.